The number of para-hydroxylation sites is 1. The molecule has 2 heterocycles. The Kier molecular flexibility index (Phi) is 6.48. The molecular weight excluding hydrogens is 348 g/mol. The molecule has 0 aliphatic carbocycles. The second-order valence-electron chi connectivity index (χ2n) is 5.89. The minimum absolute atomic E-state index is 0.00920. The highest BCUT2D eigenvalue weighted by Gasteiger charge is 2.12. The fourth-order valence-corrected chi connectivity index (χ4v) is 4.26. The zero-order valence-electron chi connectivity index (χ0n) is 14.3. The molecule has 3 aromatic rings. The number of hydrogen-bond donors (Lipinski definition) is 1. The van der Waals surface area contributed by atoms with E-state index >= 15 is 0 Å². The molecule has 0 spiro atoms. The molecule has 0 fully saturated rings. The summed E-state index contributed by atoms with van der Waals surface area (Å²) in [6.45, 7) is 2.20. The van der Waals surface area contributed by atoms with Crippen molar-refractivity contribution < 1.29 is 4.79 Å². The van der Waals surface area contributed by atoms with Crippen LogP contribution in [0.2, 0.25) is 0 Å². The summed E-state index contributed by atoms with van der Waals surface area (Å²) in [7, 11) is 0. The monoisotopic (exact) mass is 370 g/mol. The first kappa shape index (κ1) is 18.0. The van der Waals surface area contributed by atoms with Gasteiger partial charge in [0.25, 0.3) is 0 Å². The van der Waals surface area contributed by atoms with Gasteiger partial charge in [-0.05, 0) is 35.8 Å². The van der Waals surface area contributed by atoms with Crippen molar-refractivity contribution in [2.45, 2.75) is 37.6 Å². The number of thioether (sulfide) groups is 1. The molecule has 1 amide bonds. The van der Waals surface area contributed by atoms with Crippen LogP contribution in [0, 0.1) is 0 Å². The number of nitrogens with one attached hydrogen (secondary N) is 1. The summed E-state index contributed by atoms with van der Waals surface area (Å²) in [5.41, 5.74) is 1.79. The fourth-order valence-electron chi connectivity index (χ4n) is 2.58. The van der Waals surface area contributed by atoms with Gasteiger partial charge in [-0.25, -0.2) is 4.98 Å². The number of carbonyl (C=O) groups excluding carboxylic acids is 1. The number of amides is 1. The van der Waals surface area contributed by atoms with Crippen LogP contribution >= 0.6 is 23.1 Å². The Hall–Kier alpha value is -1.85. The summed E-state index contributed by atoms with van der Waals surface area (Å²) in [6.07, 6.45) is 4.00. The Bertz CT molecular complexity index is 831. The fraction of sp³-hybridized carbons (Fsp3) is 0.300. The van der Waals surface area contributed by atoms with Crippen LogP contribution in [-0.2, 0) is 11.2 Å². The molecule has 0 aliphatic heterocycles. The zero-order valence-corrected chi connectivity index (χ0v) is 16.0. The summed E-state index contributed by atoms with van der Waals surface area (Å²) < 4.78 is 0. The number of thiophene rings is 1. The van der Waals surface area contributed by atoms with Crippen LogP contribution in [0.15, 0.2) is 52.9 Å². The van der Waals surface area contributed by atoms with E-state index in [2.05, 4.69) is 12.2 Å². The lowest BCUT2D eigenvalue weighted by Gasteiger charge is -2.11. The van der Waals surface area contributed by atoms with Gasteiger partial charge >= 0.3 is 0 Å². The van der Waals surface area contributed by atoms with E-state index in [4.69, 9.17) is 4.98 Å². The second-order valence-corrected chi connectivity index (χ2v) is 8.01. The minimum Gasteiger partial charge on any atom is -0.323 e. The Morgan fingerprint density at radius 3 is 2.88 bits per heavy atom. The summed E-state index contributed by atoms with van der Waals surface area (Å²) >= 11 is 3.33. The normalized spacial score (nSPS) is 10.9. The number of aromatic nitrogens is 1. The SMILES string of the molecule is CCCCCSc1nc2ccccc2cc1NC(=O)Cc1cccs1. The van der Waals surface area contributed by atoms with Gasteiger partial charge in [0.2, 0.25) is 5.91 Å². The lowest BCUT2D eigenvalue weighted by Crippen LogP contribution is -2.14. The highest BCUT2D eigenvalue weighted by Crippen LogP contribution is 2.30. The van der Waals surface area contributed by atoms with Crippen LogP contribution in [0.5, 0.6) is 0 Å². The van der Waals surface area contributed by atoms with Gasteiger partial charge in [0, 0.05) is 10.3 Å². The molecule has 130 valence electrons. The topological polar surface area (TPSA) is 42.0 Å². The highest BCUT2D eigenvalue weighted by molar-refractivity contribution is 7.99. The first-order valence-electron chi connectivity index (χ1n) is 8.61. The number of hydrogen-bond acceptors (Lipinski definition) is 4. The predicted molar refractivity (Wildman–Crippen MR) is 109 cm³/mol. The molecule has 25 heavy (non-hydrogen) atoms. The van der Waals surface area contributed by atoms with Crippen LogP contribution in [0.4, 0.5) is 5.69 Å². The first-order chi connectivity index (χ1) is 12.3. The summed E-state index contributed by atoms with van der Waals surface area (Å²) in [4.78, 5) is 18.2. The Morgan fingerprint density at radius 2 is 2.08 bits per heavy atom. The number of rotatable bonds is 8. The van der Waals surface area contributed by atoms with Crippen molar-refractivity contribution >= 4 is 45.6 Å². The molecule has 2 aromatic heterocycles. The molecule has 0 atom stereocenters. The van der Waals surface area contributed by atoms with Gasteiger partial charge in [0.1, 0.15) is 5.03 Å². The van der Waals surface area contributed by atoms with Crippen LogP contribution in [-0.4, -0.2) is 16.6 Å². The number of pyridine rings is 1. The van der Waals surface area contributed by atoms with Gasteiger partial charge < -0.3 is 5.32 Å². The molecule has 3 rings (SSSR count). The van der Waals surface area contributed by atoms with Gasteiger partial charge in [-0.3, -0.25) is 4.79 Å². The molecule has 0 saturated heterocycles. The zero-order chi connectivity index (χ0) is 17.5. The van der Waals surface area contributed by atoms with Crippen LogP contribution in [0.3, 0.4) is 0 Å². The number of benzene rings is 1. The van der Waals surface area contributed by atoms with Gasteiger partial charge in [0.05, 0.1) is 17.6 Å². The Morgan fingerprint density at radius 1 is 1.20 bits per heavy atom. The molecule has 0 aliphatic rings. The molecule has 0 saturated carbocycles. The van der Waals surface area contributed by atoms with Crippen LogP contribution in [0.25, 0.3) is 10.9 Å². The predicted octanol–water partition coefficient (Wildman–Crippen LogP) is 5.76. The molecule has 5 heteroatoms. The number of carbonyl (C=O) groups is 1. The van der Waals surface area contributed by atoms with E-state index in [1.807, 2.05) is 47.8 Å². The second kappa shape index (κ2) is 9.02. The molecule has 0 unspecified atom stereocenters. The molecule has 0 bridgehead atoms. The third-order valence-corrected chi connectivity index (χ3v) is 5.82. The van der Waals surface area contributed by atoms with Crippen LogP contribution < -0.4 is 5.32 Å². The van der Waals surface area contributed by atoms with Gasteiger partial charge in [-0.2, -0.15) is 0 Å². The molecule has 3 nitrogen and oxygen atoms in total. The van der Waals surface area contributed by atoms with Crippen molar-refractivity contribution in [1.29, 1.82) is 0 Å². The third kappa shape index (κ3) is 5.06. The maximum Gasteiger partial charge on any atom is 0.229 e. The number of fused-ring (bicyclic) bond motifs is 1. The van der Waals surface area contributed by atoms with Crippen molar-refractivity contribution in [2.24, 2.45) is 0 Å². The van der Waals surface area contributed by atoms with Crippen molar-refractivity contribution in [3.63, 3.8) is 0 Å². The maximum absolute atomic E-state index is 12.4. The van der Waals surface area contributed by atoms with E-state index in [9.17, 15) is 4.79 Å². The smallest absolute Gasteiger partial charge is 0.229 e. The minimum atomic E-state index is 0.00920. The highest BCUT2D eigenvalue weighted by atomic mass is 32.2. The van der Waals surface area contributed by atoms with Crippen molar-refractivity contribution in [3.05, 3.63) is 52.7 Å². The van der Waals surface area contributed by atoms with E-state index in [-0.39, 0.29) is 5.91 Å². The summed E-state index contributed by atoms with van der Waals surface area (Å²) in [5, 5.41) is 7.02. The average molecular weight is 371 g/mol. The van der Waals surface area contributed by atoms with E-state index < -0.39 is 0 Å². The average Bonchev–Trinajstić information content (AvgIpc) is 3.11. The number of unbranched alkanes of at least 4 members (excludes halogenated alkanes) is 2. The van der Waals surface area contributed by atoms with Gasteiger partial charge in [-0.1, -0.05) is 44.0 Å². The summed E-state index contributed by atoms with van der Waals surface area (Å²) in [5.74, 6) is 1.03. The Balaban J connectivity index is 1.78. The number of anilines is 1. The number of nitrogens with zero attached hydrogens (tertiary/aromatic N) is 1. The van der Waals surface area contributed by atoms with E-state index in [1.54, 1.807) is 23.1 Å². The molecule has 1 N–H and O–H groups in total. The van der Waals surface area contributed by atoms with Crippen molar-refractivity contribution in [2.75, 3.05) is 11.1 Å². The summed E-state index contributed by atoms with van der Waals surface area (Å²) in [6, 6.07) is 14.0. The van der Waals surface area contributed by atoms with Gasteiger partial charge in [-0.15, -0.1) is 23.1 Å². The van der Waals surface area contributed by atoms with E-state index in [0.717, 1.165) is 38.7 Å². The molecule has 0 radical (unpaired) electrons. The molecule has 1 aromatic carbocycles. The van der Waals surface area contributed by atoms with Crippen LogP contribution in [0.1, 0.15) is 31.1 Å². The lowest BCUT2D eigenvalue weighted by atomic mass is 10.2. The largest absolute Gasteiger partial charge is 0.323 e. The van der Waals surface area contributed by atoms with Crippen molar-refractivity contribution in [3.8, 4) is 0 Å². The third-order valence-electron chi connectivity index (χ3n) is 3.86. The van der Waals surface area contributed by atoms with Crippen molar-refractivity contribution in [1.82, 2.24) is 4.98 Å². The van der Waals surface area contributed by atoms with E-state index in [0.29, 0.717) is 6.42 Å². The quantitative estimate of drug-likeness (QED) is 0.405. The standard InChI is InChI=1S/C20H22N2OS2/c1-2-3-6-11-25-20-18(13-15-8-4-5-10-17(15)22-20)21-19(23)14-16-9-7-12-24-16/h4-5,7-10,12-13H,2-3,6,11,14H2,1H3,(H,21,23). The van der Waals surface area contributed by atoms with E-state index in [1.165, 1.54) is 12.8 Å². The lowest BCUT2D eigenvalue weighted by molar-refractivity contribution is -0.115. The maximum atomic E-state index is 12.4. The molecular formula is C20H22N2OS2. The van der Waals surface area contributed by atoms with Gasteiger partial charge in [0.15, 0.2) is 0 Å². The first-order valence-corrected chi connectivity index (χ1v) is 10.5. The Labute approximate surface area is 156 Å².